The lowest BCUT2D eigenvalue weighted by atomic mass is 10.1. The van der Waals surface area contributed by atoms with Crippen LogP contribution >= 0.6 is 11.8 Å². The number of carbonyl (C=O) groups is 1. The highest BCUT2D eigenvalue weighted by atomic mass is 32.2. The Morgan fingerprint density at radius 2 is 1.89 bits per heavy atom. The van der Waals surface area contributed by atoms with Gasteiger partial charge in [-0.1, -0.05) is 12.1 Å². The Hall–Kier alpha value is -1.89. The molecule has 1 rings (SSSR count). The van der Waals surface area contributed by atoms with Crippen molar-refractivity contribution in [1.82, 2.24) is 10.6 Å². The molecule has 1 amide bonds. The van der Waals surface area contributed by atoms with Crippen molar-refractivity contribution >= 4 is 29.5 Å². The minimum Gasteiger partial charge on any atom is -0.444 e. The van der Waals surface area contributed by atoms with Crippen LogP contribution < -0.4 is 16.0 Å². The summed E-state index contributed by atoms with van der Waals surface area (Å²) in [5, 5.41) is 9.37. The summed E-state index contributed by atoms with van der Waals surface area (Å²) < 4.78 is 5.25. The summed E-state index contributed by atoms with van der Waals surface area (Å²) in [6.07, 6.45) is 3.64. The van der Waals surface area contributed by atoms with Gasteiger partial charge in [-0.25, -0.2) is 4.79 Å². The number of anilines is 1. The van der Waals surface area contributed by atoms with E-state index in [1.807, 2.05) is 56.8 Å². The van der Waals surface area contributed by atoms with Gasteiger partial charge in [0.15, 0.2) is 5.96 Å². The summed E-state index contributed by atoms with van der Waals surface area (Å²) in [4.78, 5) is 16.4. The first kappa shape index (κ1) is 23.1. The van der Waals surface area contributed by atoms with Crippen molar-refractivity contribution in [1.29, 1.82) is 0 Å². The van der Waals surface area contributed by atoms with Crippen LogP contribution in [-0.4, -0.2) is 49.3 Å². The topological polar surface area (TPSA) is 74.8 Å². The lowest BCUT2D eigenvalue weighted by Crippen LogP contribution is -2.38. The lowest BCUT2D eigenvalue weighted by Gasteiger charge is -2.19. The van der Waals surface area contributed by atoms with Crippen LogP contribution in [0.4, 0.5) is 10.5 Å². The van der Waals surface area contributed by atoms with E-state index in [9.17, 15) is 4.79 Å². The van der Waals surface area contributed by atoms with Gasteiger partial charge in [-0.05, 0) is 70.2 Å². The molecular weight excluding hydrogens is 360 g/mol. The second kappa shape index (κ2) is 12.5. The SMILES string of the molecule is CCNC(=NCCCSC)NCCc1ccc(NC(=O)OC(C)(C)C)cc1. The Morgan fingerprint density at radius 3 is 2.48 bits per heavy atom. The third-order valence-corrected chi connectivity index (χ3v) is 4.12. The summed E-state index contributed by atoms with van der Waals surface area (Å²) in [6.45, 7) is 10.1. The number of benzene rings is 1. The molecule has 0 heterocycles. The molecule has 0 saturated carbocycles. The number of guanidine groups is 1. The van der Waals surface area contributed by atoms with Gasteiger partial charge in [-0.2, -0.15) is 11.8 Å². The summed E-state index contributed by atoms with van der Waals surface area (Å²) in [6, 6.07) is 7.80. The number of rotatable bonds is 9. The van der Waals surface area contributed by atoms with Crippen LogP contribution in [0.5, 0.6) is 0 Å². The fraction of sp³-hybridized carbons (Fsp3) is 0.600. The maximum Gasteiger partial charge on any atom is 0.412 e. The number of amides is 1. The van der Waals surface area contributed by atoms with Crippen LogP contribution in [0.3, 0.4) is 0 Å². The predicted octanol–water partition coefficient (Wildman–Crippen LogP) is 3.88. The molecule has 27 heavy (non-hydrogen) atoms. The third kappa shape index (κ3) is 11.4. The molecule has 0 aromatic heterocycles. The zero-order valence-corrected chi connectivity index (χ0v) is 18.0. The lowest BCUT2D eigenvalue weighted by molar-refractivity contribution is 0.0636. The Morgan fingerprint density at radius 1 is 1.19 bits per heavy atom. The second-order valence-corrected chi connectivity index (χ2v) is 8.09. The summed E-state index contributed by atoms with van der Waals surface area (Å²) in [7, 11) is 0. The largest absolute Gasteiger partial charge is 0.444 e. The van der Waals surface area contributed by atoms with Crippen LogP contribution in [0.25, 0.3) is 0 Å². The summed E-state index contributed by atoms with van der Waals surface area (Å²) in [5.41, 5.74) is 1.41. The van der Waals surface area contributed by atoms with E-state index in [1.54, 1.807) is 0 Å². The minimum absolute atomic E-state index is 0.440. The van der Waals surface area contributed by atoms with Crippen molar-refractivity contribution in [3.8, 4) is 0 Å². The average Bonchev–Trinajstić information content (AvgIpc) is 2.58. The van der Waals surface area contributed by atoms with Crippen LogP contribution in [0, 0.1) is 0 Å². The van der Waals surface area contributed by atoms with Crippen LogP contribution in [-0.2, 0) is 11.2 Å². The summed E-state index contributed by atoms with van der Waals surface area (Å²) >= 11 is 1.84. The number of hydrogen-bond acceptors (Lipinski definition) is 4. The van der Waals surface area contributed by atoms with Crippen LogP contribution in [0.2, 0.25) is 0 Å². The van der Waals surface area contributed by atoms with Crippen molar-refractivity contribution in [2.24, 2.45) is 4.99 Å². The number of carbonyl (C=O) groups excluding carboxylic acids is 1. The molecule has 0 aliphatic rings. The smallest absolute Gasteiger partial charge is 0.412 e. The Bertz CT molecular complexity index is 583. The highest BCUT2D eigenvalue weighted by Crippen LogP contribution is 2.13. The minimum atomic E-state index is -0.503. The first-order valence-corrected chi connectivity index (χ1v) is 10.8. The number of hydrogen-bond donors (Lipinski definition) is 3. The molecular formula is C20H34N4O2S. The Labute approximate surface area is 167 Å². The highest BCUT2D eigenvalue weighted by molar-refractivity contribution is 7.98. The third-order valence-electron chi connectivity index (χ3n) is 3.43. The molecule has 3 N–H and O–H groups in total. The molecule has 0 saturated heterocycles. The molecule has 0 aliphatic carbocycles. The molecule has 1 aromatic rings. The zero-order valence-electron chi connectivity index (χ0n) is 17.2. The van der Waals surface area contributed by atoms with E-state index in [-0.39, 0.29) is 0 Å². The molecule has 0 bridgehead atoms. The highest BCUT2D eigenvalue weighted by Gasteiger charge is 2.16. The first-order valence-electron chi connectivity index (χ1n) is 9.44. The van der Waals surface area contributed by atoms with Gasteiger partial charge in [-0.3, -0.25) is 10.3 Å². The zero-order chi connectivity index (χ0) is 20.1. The molecule has 1 aromatic carbocycles. The molecule has 152 valence electrons. The van der Waals surface area contributed by atoms with Crippen LogP contribution in [0.1, 0.15) is 39.7 Å². The molecule has 0 radical (unpaired) electrons. The van der Waals surface area contributed by atoms with E-state index in [2.05, 4.69) is 34.1 Å². The fourth-order valence-electron chi connectivity index (χ4n) is 2.24. The van der Waals surface area contributed by atoms with E-state index in [1.165, 1.54) is 5.56 Å². The Balaban J connectivity index is 2.42. The maximum atomic E-state index is 11.8. The molecule has 0 unspecified atom stereocenters. The van der Waals surface area contributed by atoms with Gasteiger partial charge in [0.05, 0.1) is 0 Å². The summed E-state index contributed by atoms with van der Waals surface area (Å²) in [5.74, 6) is 1.99. The van der Waals surface area contributed by atoms with Crippen LogP contribution in [0.15, 0.2) is 29.3 Å². The number of nitrogens with one attached hydrogen (secondary N) is 3. The normalized spacial score (nSPS) is 11.8. The predicted molar refractivity (Wildman–Crippen MR) is 117 cm³/mol. The van der Waals surface area contributed by atoms with E-state index < -0.39 is 11.7 Å². The first-order chi connectivity index (χ1) is 12.8. The number of ether oxygens (including phenoxy) is 1. The fourth-order valence-corrected chi connectivity index (χ4v) is 2.66. The molecule has 7 heteroatoms. The van der Waals surface area contributed by atoms with Crippen molar-refractivity contribution in [2.45, 2.75) is 46.1 Å². The van der Waals surface area contributed by atoms with Gasteiger partial charge in [0.25, 0.3) is 0 Å². The van der Waals surface area contributed by atoms with Gasteiger partial charge < -0.3 is 15.4 Å². The van der Waals surface area contributed by atoms with Gasteiger partial charge >= 0.3 is 6.09 Å². The second-order valence-electron chi connectivity index (χ2n) is 7.11. The van der Waals surface area contributed by atoms with E-state index in [0.29, 0.717) is 0 Å². The van der Waals surface area contributed by atoms with Crippen molar-refractivity contribution in [3.05, 3.63) is 29.8 Å². The van der Waals surface area contributed by atoms with Gasteiger partial charge in [0, 0.05) is 25.3 Å². The van der Waals surface area contributed by atoms with Gasteiger partial charge in [0.1, 0.15) is 5.60 Å². The monoisotopic (exact) mass is 394 g/mol. The van der Waals surface area contributed by atoms with Crippen molar-refractivity contribution in [2.75, 3.05) is 37.0 Å². The number of thioether (sulfide) groups is 1. The quantitative estimate of drug-likeness (QED) is 0.337. The molecule has 0 spiro atoms. The molecule has 0 fully saturated rings. The molecule has 0 atom stereocenters. The van der Waals surface area contributed by atoms with Crippen molar-refractivity contribution < 1.29 is 9.53 Å². The standard InChI is InChI=1S/C20H34N4O2S/c1-6-21-18(22-13-7-15-27-5)23-14-12-16-8-10-17(11-9-16)24-19(25)26-20(2,3)4/h8-11H,6-7,12-15H2,1-5H3,(H,24,25)(H2,21,22,23). The molecule has 0 aliphatic heterocycles. The van der Waals surface area contributed by atoms with E-state index in [0.717, 1.165) is 49.9 Å². The molecule has 6 nitrogen and oxygen atoms in total. The van der Waals surface area contributed by atoms with E-state index >= 15 is 0 Å². The number of nitrogens with zero attached hydrogens (tertiary/aromatic N) is 1. The number of aliphatic imine (C=N–C) groups is 1. The maximum absolute atomic E-state index is 11.8. The Kier molecular flexibility index (Phi) is 10.7. The van der Waals surface area contributed by atoms with Gasteiger partial charge in [-0.15, -0.1) is 0 Å². The van der Waals surface area contributed by atoms with Crippen molar-refractivity contribution in [3.63, 3.8) is 0 Å². The van der Waals surface area contributed by atoms with E-state index in [4.69, 9.17) is 4.74 Å². The van der Waals surface area contributed by atoms with Gasteiger partial charge in [0.2, 0.25) is 0 Å². The average molecular weight is 395 g/mol.